The summed E-state index contributed by atoms with van der Waals surface area (Å²) in [7, 11) is 1.41. The number of carboxylic acids is 1. The minimum absolute atomic E-state index is 0.274. The van der Waals surface area contributed by atoms with Crippen molar-refractivity contribution in [2.45, 2.75) is 101 Å². The van der Waals surface area contributed by atoms with Crippen molar-refractivity contribution in [3.8, 4) is 0 Å². The number of aliphatic carboxylic acids is 1. The molecule has 2 saturated carbocycles. The molecule has 8 rings (SSSR count). The number of carbonyl (C=O) groups is 2. The Morgan fingerprint density at radius 1 is 0.787 bits per heavy atom. The fraction of sp³-hybridized carbons (Fsp3) is 0.459. The number of hydrogen-bond acceptors (Lipinski definition) is 7. The van der Waals surface area contributed by atoms with Crippen LogP contribution in [0.4, 0.5) is 8.78 Å². The Morgan fingerprint density at radius 3 is 1.68 bits per heavy atom. The fourth-order valence-corrected chi connectivity index (χ4v) is 10.2. The minimum Gasteiger partial charge on any atom is -0.481 e. The van der Waals surface area contributed by atoms with Crippen molar-refractivity contribution in [3.63, 3.8) is 0 Å². The normalized spacial score (nSPS) is 23.3. The number of fused-ring (bicyclic) bond motifs is 2. The predicted octanol–water partition coefficient (Wildman–Crippen LogP) is 8.05. The van der Waals surface area contributed by atoms with Gasteiger partial charge in [0, 0.05) is 34.4 Å². The number of aryl methyl sites for hydroxylation is 2. The third kappa shape index (κ3) is 5.71. The van der Waals surface area contributed by atoms with Crippen molar-refractivity contribution in [2.24, 2.45) is 0 Å². The van der Waals surface area contributed by atoms with Gasteiger partial charge in [0.25, 0.3) is 0 Å². The Kier molecular flexibility index (Phi) is 8.31. The van der Waals surface area contributed by atoms with Crippen molar-refractivity contribution < 1.29 is 28.2 Å². The molecule has 2 atom stereocenters. The molecule has 2 unspecified atom stereocenters. The van der Waals surface area contributed by atoms with E-state index < -0.39 is 16.8 Å². The van der Waals surface area contributed by atoms with E-state index in [9.17, 15) is 23.5 Å². The highest BCUT2D eigenvalue weighted by molar-refractivity contribution is 7.12. The Bertz CT molecular complexity index is 1880. The summed E-state index contributed by atoms with van der Waals surface area (Å²) in [6, 6.07) is 9.75. The molecule has 0 bridgehead atoms. The molecule has 1 N–H and O–H groups in total. The highest BCUT2D eigenvalue weighted by Gasteiger charge is 2.48. The van der Waals surface area contributed by atoms with Crippen LogP contribution >= 0.6 is 22.7 Å². The average Bonchev–Trinajstić information content (AvgIpc) is 4.01. The van der Waals surface area contributed by atoms with Crippen molar-refractivity contribution >= 4 is 34.6 Å². The van der Waals surface area contributed by atoms with Crippen molar-refractivity contribution in [1.29, 1.82) is 0 Å². The molecule has 246 valence electrons. The summed E-state index contributed by atoms with van der Waals surface area (Å²) >= 11 is 3.39. The van der Waals surface area contributed by atoms with Gasteiger partial charge in [-0.1, -0.05) is 24.3 Å². The van der Waals surface area contributed by atoms with E-state index in [4.69, 9.17) is 14.7 Å². The Hall–Kier alpha value is -3.50. The second kappa shape index (κ2) is 12.2. The van der Waals surface area contributed by atoms with Crippen LogP contribution in [0.25, 0.3) is 0 Å². The molecule has 0 aliphatic heterocycles. The molecule has 10 heteroatoms. The monoisotopic (exact) mass is 676 g/mol. The van der Waals surface area contributed by atoms with E-state index in [1.807, 2.05) is 6.07 Å². The minimum atomic E-state index is -1.04. The molecule has 0 radical (unpaired) electrons. The summed E-state index contributed by atoms with van der Waals surface area (Å²) < 4.78 is 33.2. The van der Waals surface area contributed by atoms with Crippen LogP contribution in [-0.2, 0) is 50.8 Å². The third-order valence-electron chi connectivity index (χ3n) is 10.5. The Morgan fingerprint density at radius 2 is 1.23 bits per heavy atom. The van der Waals surface area contributed by atoms with Crippen LogP contribution in [0, 0.1) is 25.5 Å². The van der Waals surface area contributed by atoms with Crippen molar-refractivity contribution in [1.82, 2.24) is 9.97 Å². The highest BCUT2D eigenvalue weighted by atomic mass is 32.1. The molecule has 2 heterocycles. The lowest BCUT2D eigenvalue weighted by Crippen LogP contribution is -2.42. The maximum atomic E-state index is 14.1. The zero-order valence-corrected chi connectivity index (χ0v) is 28.5. The van der Waals surface area contributed by atoms with E-state index >= 15 is 0 Å². The summed E-state index contributed by atoms with van der Waals surface area (Å²) in [5.74, 6) is -0.548. The average molecular weight is 677 g/mol. The molecule has 47 heavy (non-hydrogen) atoms. The lowest BCUT2D eigenvalue weighted by atomic mass is 9.69. The topological polar surface area (TPSA) is 89.4 Å². The molecular formula is C37H38F2N2O4S2. The van der Waals surface area contributed by atoms with Crippen LogP contribution in [0.1, 0.15) is 104 Å². The first-order valence-electron chi connectivity index (χ1n) is 16.4. The van der Waals surface area contributed by atoms with Crippen LogP contribution in [0.2, 0.25) is 0 Å². The second-order valence-electron chi connectivity index (χ2n) is 13.5. The summed E-state index contributed by atoms with van der Waals surface area (Å²) in [6.45, 7) is 3.42. The fourth-order valence-electron chi connectivity index (χ4n) is 7.36. The zero-order chi connectivity index (χ0) is 33.1. The van der Waals surface area contributed by atoms with E-state index in [0.717, 1.165) is 38.1 Å². The first-order valence-corrected chi connectivity index (χ1v) is 18.0. The number of rotatable bonds is 6. The van der Waals surface area contributed by atoms with Gasteiger partial charge in [0.2, 0.25) is 0 Å². The number of methoxy groups -OCH3 is 1. The summed E-state index contributed by atoms with van der Waals surface area (Å²) in [6.07, 6.45) is 8.30. The van der Waals surface area contributed by atoms with Gasteiger partial charge < -0.3 is 9.84 Å². The Balaban J connectivity index is 0.000000150. The molecule has 4 aliphatic carbocycles. The van der Waals surface area contributed by atoms with Crippen LogP contribution in [-0.4, -0.2) is 34.1 Å². The number of carbonyl (C=O) groups excluding carboxylic acids is 1. The number of ether oxygens (including phenoxy) is 1. The van der Waals surface area contributed by atoms with E-state index in [2.05, 4.69) is 0 Å². The van der Waals surface area contributed by atoms with Crippen LogP contribution in [0.5, 0.6) is 0 Å². The van der Waals surface area contributed by atoms with E-state index in [1.165, 1.54) is 49.9 Å². The molecule has 2 aromatic carbocycles. The van der Waals surface area contributed by atoms with Crippen molar-refractivity contribution in [3.05, 3.63) is 101 Å². The molecule has 0 saturated heterocycles. The van der Waals surface area contributed by atoms with Gasteiger partial charge in [0.15, 0.2) is 0 Å². The van der Waals surface area contributed by atoms with Gasteiger partial charge in [-0.2, -0.15) is 0 Å². The molecular weight excluding hydrogens is 639 g/mol. The number of nitrogens with zero attached hydrogens (tertiary/aromatic N) is 2. The molecule has 2 aromatic heterocycles. The lowest BCUT2D eigenvalue weighted by Gasteiger charge is -2.35. The molecule has 2 fully saturated rings. The van der Waals surface area contributed by atoms with E-state index in [0.29, 0.717) is 60.6 Å². The van der Waals surface area contributed by atoms with Gasteiger partial charge in [-0.05, 0) is 99.6 Å². The van der Waals surface area contributed by atoms with Crippen LogP contribution in [0.3, 0.4) is 0 Å². The van der Waals surface area contributed by atoms with Crippen LogP contribution < -0.4 is 0 Å². The van der Waals surface area contributed by atoms with Gasteiger partial charge >= 0.3 is 11.9 Å². The number of benzene rings is 2. The molecule has 4 aliphatic rings. The smallest absolute Gasteiger partial charge is 0.316 e. The zero-order valence-electron chi connectivity index (χ0n) is 26.8. The standard InChI is InChI=1S/C19H20FNO2S.C18H18FNO2S/c1-11-13(4-3-5-14(11)20)19(18(22)23-2)9-8-15-16(10-19)24-17(21-15)12-6-7-12;1-10-12(3-2-4-13(10)19)18(17(21)22)8-7-14-15(9-18)23-16(20-14)11-5-6-11/h3-5,12H,6-10H2,1-2H3;2-4,11H,5-9H2,1H3,(H,21,22). The van der Waals surface area contributed by atoms with Gasteiger partial charge in [-0.25, -0.2) is 18.7 Å². The maximum Gasteiger partial charge on any atom is 0.316 e. The van der Waals surface area contributed by atoms with Gasteiger partial charge in [-0.15, -0.1) is 22.7 Å². The van der Waals surface area contributed by atoms with E-state index in [1.54, 1.807) is 54.7 Å². The number of halogens is 2. The molecule has 0 spiro atoms. The number of thiazole rings is 2. The summed E-state index contributed by atoms with van der Waals surface area (Å²) in [4.78, 5) is 36.7. The molecule has 0 amide bonds. The first kappa shape index (κ1) is 32.1. The number of carboxylic acid groups (broad SMARTS) is 1. The summed E-state index contributed by atoms with van der Waals surface area (Å²) in [5, 5.41) is 12.3. The SMILES string of the molecule is COC(=O)C1(c2cccc(F)c2C)CCc2nc(C3CC3)sc2C1.Cc1c(F)cccc1C1(C(=O)O)CCc2nc(C3CC3)sc2C1. The number of esters is 1. The van der Waals surface area contributed by atoms with Crippen molar-refractivity contribution in [2.75, 3.05) is 7.11 Å². The quantitative estimate of drug-likeness (QED) is 0.208. The molecule has 6 nitrogen and oxygen atoms in total. The first-order chi connectivity index (χ1) is 22.6. The van der Waals surface area contributed by atoms with Crippen LogP contribution in [0.15, 0.2) is 36.4 Å². The lowest BCUT2D eigenvalue weighted by molar-refractivity contribution is -0.148. The maximum absolute atomic E-state index is 14.1. The second-order valence-corrected chi connectivity index (χ2v) is 15.8. The van der Waals surface area contributed by atoms with Gasteiger partial charge in [0.1, 0.15) is 11.6 Å². The number of aromatic nitrogens is 2. The number of hydrogen-bond donors (Lipinski definition) is 1. The summed E-state index contributed by atoms with van der Waals surface area (Å²) in [5.41, 5.74) is 2.69. The highest BCUT2D eigenvalue weighted by Crippen LogP contribution is 2.49. The largest absolute Gasteiger partial charge is 0.481 e. The van der Waals surface area contributed by atoms with Gasteiger partial charge in [-0.3, -0.25) is 9.59 Å². The molecule has 4 aromatic rings. The van der Waals surface area contributed by atoms with Gasteiger partial charge in [0.05, 0.1) is 39.3 Å². The van der Waals surface area contributed by atoms with E-state index in [-0.39, 0.29) is 17.6 Å². The Labute approximate surface area is 281 Å². The third-order valence-corrected chi connectivity index (χ3v) is 13.0. The predicted molar refractivity (Wildman–Crippen MR) is 178 cm³/mol.